The van der Waals surface area contributed by atoms with E-state index in [1.54, 1.807) is 0 Å². The van der Waals surface area contributed by atoms with Gasteiger partial charge in [0.15, 0.2) is 13.9 Å². The lowest BCUT2D eigenvalue weighted by molar-refractivity contribution is 0.173. The van der Waals surface area contributed by atoms with E-state index in [-0.39, 0.29) is 0 Å². The summed E-state index contributed by atoms with van der Waals surface area (Å²) in [6.45, 7) is 6.29. The summed E-state index contributed by atoms with van der Waals surface area (Å²) in [4.78, 5) is 0. The largest absolute Gasteiger partial charge is 0.394 e. The van der Waals surface area contributed by atoms with Gasteiger partial charge in [0.25, 0.3) is 0 Å². The fourth-order valence-electron chi connectivity index (χ4n) is 2.26. The first-order chi connectivity index (χ1) is 10.5. The maximum atomic E-state index is 9.87. The van der Waals surface area contributed by atoms with Crippen molar-refractivity contribution in [2.45, 2.75) is 25.2 Å². The molecule has 2 aromatic rings. The number of benzene rings is 2. The van der Waals surface area contributed by atoms with Gasteiger partial charge in [-0.15, -0.1) is 0 Å². The predicted octanol–water partition coefficient (Wildman–Crippen LogP) is 4.97. The lowest BCUT2D eigenvalue weighted by Gasteiger charge is -2.31. The fourth-order valence-corrected chi connectivity index (χ4v) is 3.46. The SMILES string of the molecule is C[Si](C)(C)OC(C#N)(/C=C/c1ccccc1)c1ccccc1. The smallest absolute Gasteiger partial charge is 0.189 e. The highest BCUT2D eigenvalue weighted by atomic mass is 28.4. The summed E-state index contributed by atoms with van der Waals surface area (Å²) in [7, 11) is -1.91. The van der Waals surface area contributed by atoms with Gasteiger partial charge in [-0.3, -0.25) is 0 Å². The third-order valence-electron chi connectivity index (χ3n) is 3.15. The molecule has 1 atom stereocenters. The van der Waals surface area contributed by atoms with Gasteiger partial charge in [0.2, 0.25) is 0 Å². The number of rotatable bonds is 5. The normalized spacial score (nSPS) is 14.5. The van der Waals surface area contributed by atoms with Crippen molar-refractivity contribution >= 4 is 14.4 Å². The maximum absolute atomic E-state index is 9.87. The van der Waals surface area contributed by atoms with E-state index in [9.17, 15) is 5.26 Å². The van der Waals surface area contributed by atoms with E-state index in [2.05, 4.69) is 25.7 Å². The summed E-state index contributed by atoms with van der Waals surface area (Å²) in [5.74, 6) is 0. The molecular weight excluding hydrogens is 286 g/mol. The van der Waals surface area contributed by atoms with E-state index in [0.717, 1.165) is 11.1 Å². The monoisotopic (exact) mass is 307 g/mol. The summed E-state index contributed by atoms with van der Waals surface area (Å²) in [6.07, 6.45) is 3.83. The van der Waals surface area contributed by atoms with Gasteiger partial charge in [0.05, 0.1) is 0 Å². The predicted molar refractivity (Wildman–Crippen MR) is 93.6 cm³/mol. The van der Waals surface area contributed by atoms with Crippen LogP contribution in [0.3, 0.4) is 0 Å². The van der Waals surface area contributed by atoms with Gasteiger partial charge in [-0.2, -0.15) is 5.26 Å². The van der Waals surface area contributed by atoms with Crippen LogP contribution in [0.5, 0.6) is 0 Å². The Morgan fingerprint density at radius 1 is 0.955 bits per heavy atom. The third-order valence-corrected chi connectivity index (χ3v) is 4.08. The van der Waals surface area contributed by atoms with Crippen LogP contribution >= 0.6 is 0 Å². The average molecular weight is 307 g/mol. The van der Waals surface area contributed by atoms with Crippen LogP contribution in [-0.2, 0) is 10.0 Å². The van der Waals surface area contributed by atoms with Crippen LogP contribution in [0.2, 0.25) is 19.6 Å². The molecule has 0 N–H and O–H groups in total. The Morgan fingerprint density at radius 2 is 1.50 bits per heavy atom. The lowest BCUT2D eigenvalue weighted by Crippen LogP contribution is -2.38. The molecule has 2 nitrogen and oxygen atoms in total. The van der Waals surface area contributed by atoms with E-state index in [0.29, 0.717) is 0 Å². The van der Waals surface area contributed by atoms with Crippen LogP contribution in [-0.4, -0.2) is 8.32 Å². The topological polar surface area (TPSA) is 33.0 Å². The second-order valence-corrected chi connectivity index (χ2v) is 10.6. The number of nitriles is 1. The Bertz CT molecular complexity index is 668. The molecule has 3 heteroatoms. The Hall–Kier alpha value is -2.15. The zero-order valence-electron chi connectivity index (χ0n) is 13.3. The molecule has 0 aliphatic carbocycles. The molecule has 0 fully saturated rings. The van der Waals surface area contributed by atoms with E-state index in [1.807, 2.05) is 72.8 Å². The van der Waals surface area contributed by atoms with Crippen molar-refractivity contribution in [2.24, 2.45) is 0 Å². The Morgan fingerprint density at radius 3 is 2.00 bits per heavy atom. The minimum atomic E-state index is -1.91. The van der Waals surface area contributed by atoms with E-state index >= 15 is 0 Å². The second-order valence-electron chi connectivity index (χ2n) is 6.17. The average Bonchev–Trinajstić information content (AvgIpc) is 2.52. The Labute approximate surface area is 133 Å². The van der Waals surface area contributed by atoms with Crippen molar-refractivity contribution in [3.63, 3.8) is 0 Å². The molecule has 0 bridgehead atoms. The zero-order valence-corrected chi connectivity index (χ0v) is 14.3. The van der Waals surface area contributed by atoms with Crippen molar-refractivity contribution in [3.05, 3.63) is 77.9 Å². The lowest BCUT2D eigenvalue weighted by atomic mass is 9.94. The highest BCUT2D eigenvalue weighted by Gasteiger charge is 2.35. The summed E-state index contributed by atoms with van der Waals surface area (Å²) in [5.41, 5.74) is 0.881. The molecule has 2 aromatic carbocycles. The van der Waals surface area contributed by atoms with E-state index < -0.39 is 13.9 Å². The van der Waals surface area contributed by atoms with Crippen LogP contribution in [0.4, 0.5) is 0 Å². The van der Waals surface area contributed by atoms with E-state index in [1.165, 1.54) is 0 Å². The fraction of sp³-hybridized carbons (Fsp3) is 0.211. The zero-order chi connectivity index (χ0) is 16.1. The highest BCUT2D eigenvalue weighted by Crippen LogP contribution is 2.31. The van der Waals surface area contributed by atoms with E-state index in [4.69, 9.17) is 4.43 Å². The number of nitrogens with zero attached hydrogens (tertiary/aromatic N) is 1. The van der Waals surface area contributed by atoms with Crippen molar-refractivity contribution in [2.75, 3.05) is 0 Å². The summed E-state index contributed by atoms with van der Waals surface area (Å²) in [6, 6.07) is 22.1. The molecule has 0 saturated heterocycles. The molecule has 0 aliphatic rings. The van der Waals surface area contributed by atoms with Gasteiger partial charge < -0.3 is 4.43 Å². The Kier molecular flexibility index (Phi) is 4.97. The van der Waals surface area contributed by atoms with Crippen LogP contribution in [0.25, 0.3) is 6.08 Å². The van der Waals surface area contributed by atoms with Gasteiger partial charge in [-0.05, 0) is 31.3 Å². The van der Waals surface area contributed by atoms with Crippen LogP contribution in [0.1, 0.15) is 11.1 Å². The molecule has 0 radical (unpaired) electrons. The third kappa shape index (κ3) is 4.17. The standard InChI is InChI=1S/C19H21NOSi/c1-22(2,3)21-19(16-20,18-12-8-5-9-13-18)15-14-17-10-6-4-7-11-17/h4-15H,1-3H3/b15-14+. The van der Waals surface area contributed by atoms with Crippen molar-refractivity contribution in [3.8, 4) is 6.07 Å². The van der Waals surface area contributed by atoms with Crippen LogP contribution in [0, 0.1) is 11.3 Å². The maximum Gasteiger partial charge on any atom is 0.189 e. The minimum absolute atomic E-state index is 0.868. The van der Waals surface area contributed by atoms with Gasteiger partial charge in [0.1, 0.15) is 6.07 Å². The summed E-state index contributed by atoms with van der Waals surface area (Å²) < 4.78 is 6.27. The van der Waals surface area contributed by atoms with Crippen molar-refractivity contribution in [1.82, 2.24) is 0 Å². The molecule has 22 heavy (non-hydrogen) atoms. The van der Waals surface area contributed by atoms with Crippen LogP contribution < -0.4 is 0 Å². The van der Waals surface area contributed by atoms with Crippen LogP contribution in [0.15, 0.2) is 66.7 Å². The van der Waals surface area contributed by atoms with Gasteiger partial charge in [0, 0.05) is 5.56 Å². The molecule has 2 rings (SSSR count). The number of hydrogen-bond donors (Lipinski definition) is 0. The van der Waals surface area contributed by atoms with Gasteiger partial charge >= 0.3 is 0 Å². The van der Waals surface area contributed by atoms with Crippen molar-refractivity contribution < 1.29 is 4.43 Å². The quantitative estimate of drug-likeness (QED) is 0.731. The summed E-state index contributed by atoms with van der Waals surface area (Å²) >= 11 is 0. The number of hydrogen-bond acceptors (Lipinski definition) is 2. The molecule has 0 amide bonds. The molecule has 0 aliphatic heterocycles. The molecule has 0 heterocycles. The molecule has 0 aromatic heterocycles. The molecule has 0 saturated carbocycles. The van der Waals surface area contributed by atoms with Gasteiger partial charge in [-0.1, -0.05) is 66.7 Å². The molecular formula is C19H21NOSi. The Balaban J connectivity index is 2.46. The highest BCUT2D eigenvalue weighted by molar-refractivity contribution is 6.69. The first kappa shape index (κ1) is 16.2. The first-order valence-electron chi connectivity index (χ1n) is 7.36. The second kappa shape index (κ2) is 6.74. The molecule has 0 spiro atoms. The minimum Gasteiger partial charge on any atom is -0.394 e. The summed E-state index contributed by atoms with van der Waals surface area (Å²) in [5, 5.41) is 9.87. The van der Waals surface area contributed by atoms with Crippen molar-refractivity contribution in [1.29, 1.82) is 5.26 Å². The van der Waals surface area contributed by atoms with Gasteiger partial charge in [-0.25, -0.2) is 0 Å². The molecule has 1 unspecified atom stereocenters. The first-order valence-corrected chi connectivity index (χ1v) is 10.8. The molecule has 112 valence electrons.